The average Bonchev–Trinajstić information content (AvgIpc) is 2.94. The number of carbonyl (C=O) groups excluding carboxylic acids is 4. The Hall–Kier alpha value is -2.58. The molecule has 4 amide bonds. The van der Waals surface area contributed by atoms with Crippen molar-refractivity contribution in [2.24, 2.45) is 11.7 Å². The van der Waals surface area contributed by atoms with E-state index in [0.717, 1.165) is 29.8 Å². The number of hydrogen-bond donors (Lipinski definition) is 2. The summed E-state index contributed by atoms with van der Waals surface area (Å²) < 4.78 is 0. The van der Waals surface area contributed by atoms with Crippen molar-refractivity contribution in [3.8, 4) is 0 Å². The van der Waals surface area contributed by atoms with E-state index in [0.29, 0.717) is 29.6 Å². The van der Waals surface area contributed by atoms with Gasteiger partial charge in [0, 0.05) is 31.6 Å². The van der Waals surface area contributed by atoms with Crippen LogP contribution in [0.1, 0.15) is 58.4 Å². The Balaban J connectivity index is 1.44. The van der Waals surface area contributed by atoms with Crippen molar-refractivity contribution in [1.29, 1.82) is 0 Å². The van der Waals surface area contributed by atoms with Gasteiger partial charge in [0.05, 0.1) is 11.1 Å². The molecule has 5 aliphatic rings. The summed E-state index contributed by atoms with van der Waals surface area (Å²) in [4.78, 5) is 53.3. The first-order chi connectivity index (χ1) is 13.9. The number of amides is 4. The molecule has 4 aliphatic heterocycles. The van der Waals surface area contributed by atoms with Crippen LogP contribution in [0, 0.1) is 5.92 Å². The minimum Gasteiger partial charge on any atom is -0.326 e. The molecular weight excluding hydrogens is 372 g/mol. The number of nitrogens with zero attached hydrogens (tertiary/aromatic N) is 2. The smallest absolute Gasteiger partial charge is 0.262 e. The number of hydrogen-bond acceptors (Lipinski definition) is 6. The predicted molar refractivity (Wildman–Crippen MR) is 103 cm³/mol. The second kappa shape index (κ2) is 6.74. The topological polar surface area (TPSA) is 113 Å². The number of piperidine rings is 3. The van der Waals surface area contributed by atoms with Gasteiger partial charge in [0.15, 0.2) is 0 Å². The van der Waals surface area contributed by atoms with Crippen molar-refractivity contribution in [2.75, 3.05) is 6.54 Å². The highest BCUT2D eigenvalue weighted by Crippen LogP contribution is 2.37. The Labute approximate surface area is 168 Å². The van der Waals surface area contributed by atoms with Crippen LogP contribution in [0.5, 0.6) is 0 Å². The van der Waals surface area contributed by atoms with E-state index < -0.39 is 23.8 Å². The number of imide groups is 2. The van der Waals surface area contributed by atoms with Gasteiger partial charge in [-0.2, -0.15) is 0 Å². The van der Waals surface area contributed by atoms with Crippen LogP contribution in [0.3, 0.4) is 0 Å². The van der Waals surface area contributed by atoms with Crippen molar-refractivity contribution in [1.82, 2.24) is 15.1 Å². The van der Waals surface area contributed by atoms with E-state index in [1.807, 2.05) is 6.07 Å². The lowest BCUT2D eigenvalue weighted by Crippen LogP contribution is -2.58. The normalized spacial score (nSPS) is 32.0. The van der Waals surface area contributed by atoms with Gasteiger partial charge in [0.25, 0.3) is 11.8 Å². The first kappa shape index (κ1) is 18.4. The highest BCUT2D eigenvalue weighted by molar-refractivity contribution is 6.24. The van der Waals surface area contributed by atoms with Gasteiger partial charge in [-0.1, -0.05) is 12.1 Å². The summed E-state index contributed by atoms with van der Waals surface area (Å²) in [6, 6.07) is 4.82. The third-order valence-corrected chi connectivity index (χ3v) is 6.86. The summed E-state index contributed by atoms with van der Waals surface area (Å²) in [5.41, 5.74) is 7.85. The van der Waals surface area contributed by atoms with Crippen molar-refractivity contribution < 1.29 is 19.2 Å². The van der Waals surface area contributed by atoms with Crippen molar-refractivity contribution in [3.63, 3.8) is 0 Å². The van der Waals surface area contributed by atoms with Crippen LogP contribution in [0.2, 0.25) is 0 Å². The molecule has 152 valence electrons. The number of rotatable bonds is 3. The maximum Gasteiger partial charge on any atom is 0.262 e. The summed E-state index contributed by atoms with van der Waals surface area (Å²) in [7, 11) is 0. The highest BCUT2D eigenvalue weighted by Gasteiger charge is 2.46. The third kappa shape index (κ3) is 2.89. The second-order valence-corrected chi connectivity index (χ2v) is 8.63. The van der Waals surface area contributed by atoms with E-state index >= 15 is 0 Å². The minimum absolute atomic E-state index is 0.116. The standard InChI is InChI=1S/C21H24N4O4/c22-14-8-11-4-5-15(14)24(9-11)10-12-2-1-3-13-18(12)21(29)25(20(13)28)16-6-7-17(26)23-19(16)27/h1-3,11,14-16H,4-10,22H2,(H,23,26,27). The maximum absolute atomic E-state index is 13.2. The van der Waals surface area contributed by atoms with Gasteiger partial charge in [0.1, 0.15) is 6.04 Å². The Morgan fingerprint density at radius 3 is 2.62 bits per heavy atom. The fourth-order valence-corrected chi connectivity index (χ4v) is 5.48. The number of nitrogens with two attached hydrogens (primary N) is 1. The number of fused-ring (bicyclic) bond motifs is 4. The molecule has 0 radical (unpaired) electrons. The Kier molecular flexibility index (Phi) is 4.29. The first-order valence-corrected chi connectivity index (χ1v) is 10.3. The van der Waals surface area contributed by atoms with E-state index in [9.17, 15) is 19.2 Å². The quantitative estimate of drug-likeness (QED) is 0.715. The molecule has 6 rings (SSSR count). The Morgan fingerprint density at radius 1 is 1.07 bits per heavy atom. The molecule has 0 aromatic heterocycles. The average molecular weight is 396 g/mol. The molecule has 0 spiro atoms. The van der Waals surface area contributed by atoms with Gasteiger partial charge in [-0.15, -0.1) is 0 Å². The zero-order valence-electron chi connectivity index (χ0n) is 16.1. The zero-order valence-corrected chi connectivity index (χ0v) is 16.1. The molecule has 4 atom stereocenters. The number of benzene rings is 1. The summed E-state index contributed by atoms with van der Waals surface area (Å²) in [5.74, 6) is -1.28. The van der Waals surface area contributed by atoms with Gasteiger partial charge in [-0.05, 0) is 43.2 Å². The van der Waals surface area contributed by atoms with E-state index in [-0.39, 0.29) is 24.8 Å². The van der Waals surface area contributed by atoms with Gasteiger partial charge < -0.3 is 5.73 Å². The van der Waals surface area contributed by atoms with Gasteiger partial charge in [-0.25, -0.2) is 0 Å². The highest BCUT2D eigenvalue weighted by atomic mass is 16.2. The van der Waals surface area contributed by atoms with Crippen LogP contribution >= 0.6 is 0 Å². The molecule has 3 N–H and O–H groups in total. The van der Waals surface area contributed by atoms with Crippen LogP contribution < -0.4 is 11.1 Å². The lowest BCUT2D eigenvalue weighted by atomic mass is 9.76. The molecule has 4 unspecified atom stereocenters. The molecule has 8 nitrogen and oxygen atoms in total. The van der Waals surface area contributed by atoms with Gasteiger partial charge in [-0.3, -0.25) is 34.3 Å². The molecule has 3 saturated heterocycles. The molecule has 1 aromatic rings. The molecular formula is C21H24N4O4. The molecule has 29 heavy (non-hydrogen) atoms. The van der Waals surface area contributed by atoms with Crippen LogP contribution in [0.15, 0.2) is 18.2 Å². The van der Waals surface area contributed by atoms with Crippen LogP contribution in [0.25, 0.3) is 0 Å². The molecule has 1 saturated carbocycles. The fourth-order valence-electron chi connectivity index (χ4n) is 5.48. The minimum atomic E-state index is -0.938. The Bertz CT molecular complexity index is 929. The number of nitrogens with one attached hydrogen (secondary N) is 1. The molecule has 1 aliphatic carbocycles. The summed E-state index contributed by atoms with van der Waals surface area (Å²) in [5, 5.41) is 2.23. The summed E-state index contributed by atoms with van der Waals surface area (Å²) in [6.45, 7) is 1.53. The van der Waals surface area contributed by atoms with Gasteiger partial charge in [0.2, 0.25) is 11.8 Å². The van der Waals surface area contributed by atoms with E-state index in [2.05, 4.69) is 10.2 Å². The lowest BCUT2D eigenvalue weighted by molar-refractivity contribution is -0.136. The molecule has 4 heterocycles. The molecule has 8 heteroatoms. The lowest BCUT2D eigenvalue weighted by Gasteiger charge is -2.49. The van der Waals surface area contributed by atoms with Crippen LogP contribution in [-0.2, 0) is 16.1 Å². The molecule has 4 fully saturated rings. The summed E-state index contributed by atoms with van der Waals surface area (Å²) >= 11 is 0. The summed E-state index contributed by atoms with van der Waals surface area (Å²) in [6.07, 6.45) is 3.59. The Morgan fingerprint density at radius 2 is 1.90 bits per heavy atom. The van der Waals surface area contributed by atoms with E-state index in [4.69, 9.17) is 5.73 Å². The molecule has 1 aromatic carbocycles. The SMILES string of the molecule is NC1CC2CCC1N(Cc1cccc3c1C(=O)N(C1CCC(=O)NC1=O)C3=O)C2. The van der Waals surface area contributed by atoms with E-state index in [1.165, 1.54) is 6.42 Å². The van der Waals surface area contributed by atoms with Crippen molar-refractivity contribution in [3.05, 3.63) is 34.9 Å². The maximum atomic E-state index is 13.2. The first-order valence-electron chi connectivity index (χ1n) is 10.3. The predicted octanol–water partition coefficient (Wildman–Crippen LogP) is 0.399. The zero-order chi connectivity index (χ0) is 20.3. The third-order valence-electron chi connectivity index (χ3n) is 6.86. The fraction of sp³-hybridized carbons (Fsp3) is 0.524. The van der Waals surface area contributed by atoms with Crippen molar-refractivity contribution in [2.45, 2.75) is 56.8 Å². The van der Waals surface area contributed by atoms with Crippen LogP contribution in [0.4, 0.5) is 0 Å². The molecule has 2 bridgehead atoms. The van der Waals surface area contributed by atoms with Gasteiger partial charge >= 0.3 is 0 Å². The monoisotopic (exact) mass is 396 g/mol. The van der Waals surface area contributed by atoms with Crippen LogP contribution in [-0.4, -0.2) is 58.1 Å². The number of carbonyl (C=O) groups is 4. The van der Waals surface area contributed by atoms with Crippen molar-refractivity contribution >= 4 is 23.6 Å². The van der Waals surface area contributed by atoms with E-state index in [1.54, 1.807) is 12.1 Å². The largest absolute Gasteiger partial charge is 0.326 e. The second-order valence-electron chi connectivity index (χ2n) is 8.63.